The Kier molecular flexibility index (Phi) is 15.4. The van der Waals surface area contributed by atoms with Crippen molar-refractivity contribution >= 4 is 24.1 Å². The summed E-state index contributed by atoms with van der Waals surface area (Å²) >= 11 is 0. The van der Waals surface area contributed by atoms with Crippen molar-refractivity contribution in [1.82, 2.24) is 5.32 Å². The summed E-state index contributed by atoms with van der Waals surface area (Å²) in [6, 6.07) is 4.10. The van der Waals surface area contributed by atoms with E-state index < -0.39 is 29.8 Å². The van der Waals surface area contributed by atoms with Gasteiger partial charge < -0.3 is 24.1 Å². The number of rotatable bonds is 18. The Morgan fingerprint density at radius 1 is 0.878 bits per heavy atom. The van der Waals surface area contributed by atoms with Crippen LogP contribution in [0.25, 0.3) is 0 Å². The number of nitrogens with one attached hydrogen (secondary N) is 1. The fourth-order valence-electron chi connectivity index (χ4n) is 3.74. The van der Waals surface area contributed by atoms with Gasteiger partial charge in [-0.3, -0.25) is 14.9 Å². The molecule has 0 aliphatic heterocycles. The monoisotopic (exact) mass is 579 g/mol. The van der Waals surface area contributed by atoms with Gasteiger partial charge in [-0.2, -0.15) is 0 Å². The third kappa shape index (κ3) is 13.9. The first kappa shape index (κ1) is 35.9. The minimum absolute atomic E-state index is 0.00835. The second-order valence-corrected chi connectivity index (χ2v) is 11.6. The van der Waals surface area contributed by atoms with Crippen LogP contribution in [0.5, 0.6) is 11.5 Å². The van der Waals surface area contributed by atoms with E-state index in [9.17, 15) is 24.3 Å². The summed E-state index contributed by atoms with van der Waals surface area (Å²) in [5.41, 5.74) is -2.16. The zero-order chi connectivity index (χ0) is 31.1. The first-order valence-electron chi connectivity index (χ1n) is 14.7. The number of hydrogen-bond acceptors (Lipinski definition) is 9. The predicted molar refractivity (Wildman–Crippen MR) is 155 cm³/mol. The van der Waals surface area contributed by atoms with E-state index in [4.69, 9.17) is 18.9 Å². The quantitative estimate of drug-likeness (QED) is 0.0850. The van der Waals surface area contributed by atoms with E-state index in [0.29, 0.717) is 24.8 Å². The molecule has 0 fully saturated rings. The van der Waals surface area contributed by atoms with Gasteiger partial charge in [0.2, 0.25) is 0 Å². The highest BCUT2D eigenvalue weighted by atomic mass is 16.7. The van der Waals surface area contributed by atoms with Crippen molar-refractivity contribution in [2.24, 2.45) is 5.41 Å². The van der Waals surface area contributed by atoms with Gasteiger partial charge in [-0.1, -0.05) is 73.3 Å². The number of hydrogen-bond donors (Lipinski definition) is 2. The lowest BCUT2D eigenvalue weighted by Crippen LogP contribution is -2.59. The smallest absolute Gasteiger partial charge is 0.477 e. The molecule has 0 aromatic heterocycles. The lowest BCUT2D eigenvalue weighted by atomic mass is 9.99. The minimum Gasteiger partial charge on any atom is -0.477 e. The molecule has 1 aromatic rings. The molecule has 1 aromatic carbocycles. The highest BCUT2D eigenvalue weighted by molar-refractivity contribution is 5.81. The molecule has 41 heavy (non-hydrogen) atoms. The molecule has 0 saturated carbocycles. The molecule has 1 unspecified atom stereocenters. The van der Waals surface area contributed by atoms with Crippen LogP contribution in [0.15, 0.2) is 18.2 Å². The molecule has 232 valence electrons. The van der Waals surface area contributed by atoms with Crippen molar-refractivity contribution in [2.75, 3.05) is 6.61 Å². The summed E-state index contributed by atoms with van der Waals surface area (Å²) in [6.07, 6.45) is 4.45. The van der Waals surface area contributed by atoms with Crippen LogP contribution < -0.4 is 14.8 Å². The van der Waals surface area contributed by atoms with Gasteiger partial charge in [0.15, 0.2) is 11.5 Å². The first-order chi connectivity index (χ1) is 19.2. The minimum atomic E-state index is -2.18. The molecule has 0 saturated heterocycles. The van der Waals surface area contributed by atoms with Gasteiger partial charge >= 0.3 is 24.1 Å². The largest absolute Gasteiger partial charge is 0.510 e. The van der Waals surface area contributed by atoms with Crippen LogP contribution in [0, 0.1) is 5.41 Å². The zero-order valence-electron chi connectivity index (χ0n) is 25.8. The van der Waals surface area contributed by atoms with Gasteiger partial charge in [-0.15, -0.1) is 0 Å². The number of benzene rings is 1. The van der Waals surface area contributed by atoms with Crippen LogP contribution in [-0.2, 0) is 30.3 Å². The fraction of sp³-hybridized carbons (Fsp3) is 0.677. The third-order valence-electron chi connectivity index (χ3n) is 6.20. The van der Waals surface area contributed by atoms with Crippen molar-refractivity contribution in [1.29, 1.82) is 0 Å². The molecule has 1 rings (SSSR count). The Hall–Kier alpha value is -3.14. The van der Waals surface area contributed by atoms with Crippen LogP contribution in [-0.4, -0.2) is 47.5 Å². The molecule has 0 aliphatic carbocycles. The Morgan fingerprint density at radius 2 is 1.44 bits per heavy atom. The molecule has 0 heterocycles. The van der Waals surface area contributed by atoms with Gasteiger partial charge in [-0.25, -0.2) is 9.59 Å². The lowest BCUT2D eigenvalue weighted by molar-refractivity contribution is -0.167. The van der Waals surface area contributed by atoms with E-state index in [1.54, 1.807) is 13.0 Å². The Bertz CT molecular complexity index is 1000. The van der Waals surface area contributed by atoms with Gasteiger partial charge in [0.05, 0.1) is 6.61 Å². The molecule has 0 amide bonds. The summed E-state index contributed by atoms with van der Waals surface area (Å²) in [5.74, 6) is -2.33. The van der Waals surface area contributed by atoms with E-state index in [1.165, 1.54) is 12.1 Å². The van der Waals surface area contributed by atoms with Gasteiger partial charge in [0, 0.05) is 25.3 Å². The summed E-state index contributed by atoms with van der Waals surface area (Å²) < 4.78 is 21.7. The number of unbranched alkanes of at least 4 members (excludes halogenated alkanes) is 4. The molecule has 10 nitrogen and oxygen atoms in total. The molecule has 0 spiro atoms. The van der Waals surface area contributed by atoms with Crippen molar-refractivity contribution in [2.45, 2.75) is 124 Å². The summed E-state index contributed by atoms with van der Waals surface area (Å²) in [4.78, 5) is 50.2. The Labute approximate surface area is 244 Å². The summed E-state index contributed by atoms with van der Waals surface area (Å²) in [5, 5.41) is 13.2. The van der Waals surface area contributed by atoms with Crippen LogP contribution in [0.2, 0.25) is 0 Å². The van der Waals surface area contributed by atoms with Crippen molar-refractivity contribution in [3.63, 3.8) is 0 Å². The lowest BCUT2D eigenvalue weighted by Gasteiger charge is -2.33. The molecular weight excluding hydrogens is 530 g/mol. The Morgan fingerprint density at radius 3 is 1.93 bits per heavy atom. The number of carboxylic acids is 1. The van der Waals surface area contributed by atoms with Crippen LogP contribution in [0.3, 0.4) is 0 Å². The second kappa shape index (κ2) is 17.6. The van der Waals surface area contributed by atoms with E-state index >= 15 is 0 Å². The maximum atomic E-state index is 12.6. The molecule has 2 atom stereocenters. The maximum absolute atomic E-state index is 12.6. The molecule has 0 bridgehead atoms. The zero-order valence-corrected chi connectivity index (χ0v) is 25.8. The van der Waals surface area contributed by atoms with E-state index in [-0.39, 0.29) is 48.8 Å². The standard InChI is InChI=1S/C31H49NO9/c1-8-11-13-15-26(33)39-24-18-17-23(19-25(24)40-27(34)16-14-12-9-2)20-31(28(35)36,32-22(4)10-3)41-29(37)38-21-30(5,6)7/h17-19,22,32H,8-16,20-21H2,1-7H3,(H,35,36)/t22?,31-/m0/s1. The predicted octanol–water partition coefficient (Wildman–Crippen LogP) is 6.57. The number of esters is 2. The molecule has 2 N–H and O–H groups in total. The van der Waals surface area contributed by atoms with E-state index in [2.05, 4.69) is 5.32 Å². The number of carboxylic acid groups (broad SMARTS) is 1. The second-order valence-electron chi connectivity index (χ2n) is 11.6. The number of aliphatic carboxylic acids is 1. The average Bonchev–Trinajstić information content (AvgIpc) is 2.88. The third-order valence-corrected chi connectivity index (χ3v) is 6.20. The SMILES string of the molecule is CCCCCC(=O)Oc1ccc(C[C@](NC(C)CC)(OC(=O)OCC(C)(C)C)C(=O)O)cc1OC(=O)CCCCC. The molecular formula is C31H49NO9. The highest BCUT2D eigenvalue weighted by Crippen LogP contribution is 2.32. The number of carbonyl (C=O) groups excluding carboxylic acids is 3. The fourth-order valence-corrected chi connectivity index (χ4v) is 3.74. The summed E-state index contributed by atoms with van der Waals surface area (Å²) in [6.45, 7) is 13.3. The molecule has 0 radical (unpaired) electrons. The normalized spacial score (nSPS) is 13.5. The molecule has 0 aliphatic rings. The van der Waals surface area contributed by atoms with Gasteiger partial charge in [0.1, 0.15) is 0 Å². The average molecular weight is 580 g/mol. The maximum Gasteiger partial charge on any atom is 0.510 e. The van der Waals surface area contributed by atoms with Crippen LogP contribution in [0.1, 0.15) is 112 Å². The van der Waals surface area contributed by atoms with Gasteiger partial charge in [0.25, 0.3) is 5.72 Å². The first-order valence-corrected chi connectivity index (χ1v) is 14.7. The number of carbonyl (C=O) groups is 4. The summed E-state index contributed by atoms with van der Waals surface area (Å²) in [7, 11) is 0. The Balaban J connectivity index is 3.37. The van der Waals surface area contributed by atoms with Crippen molar-refractivity contribution in [3.8, 4) is 11.5 Å². The van der Waals surface area contributed by atoms with Gasteiger partial charge in [-0.05, 0) is 49.3 Å². The highest BCUT2D eigenvalue weighted by Gasteiger charge is 2.45. The van der Waals surface area contributed by atoms with E-state index in [1.807, 2.05) is 41.5 Å². The van der Waals surface area contributed by atoms with Crippen LogP contribution in [0.4, 0.5) is 4.79 Å². The number of ether oxygens (including phenoxy) is 4. The molecule has 10 heteroatoms. The van der Waals surface area contributed by atoms with Crippen LogP contribution >= 0.6 is 0 Å². The van der Waals surface area contributed by atoms with Crippen molar-refractivity contribution < 1.29 is 43.2 Å². The van der Waals surface area contributed by atoms with E-state index in [0.717, 1.165) is 25.7 Å². The topological polar surface area (TPSA) is 137 Å². The van der Waals surface area contributed by atoms with Crippen molar-refractivity contribution in [3.05, 3.63) is 23.8 Å².